The number of nitrogens with zero attached hydrogens (tertiary/aromatic N) is 6. The van der Waals surface area contributed by atoms with E-state index in [1.54, 1.807) is 6.20 Å². The Bertz CT molecular complexity index is 1630. The predicted octanol–water partition coefficient (Wildman–Crippen LogP) is 6.20. The number of pyridine rings is 1. The van der Waals surface area contributed by atoms with Crippen LogP contribution < -0.4 is 5.32 Å². The Balaban J connectivity index is 1.81. The molecule has 8 heteroatoms. The molecule has 0 spiro atoms. The van der Waals surface area contributed by atoms with Crippen LogP contribution in [-0.2, 0) is 6.42 Å². The number of benzene rings is 2. The van der Waals surface area contributed by atoms with Crippen LogP contribution >= 0.6 is 0 Å². The van der Waals surface area contributed by atoms with Gasteiger partial charge >= 0.3 is 0 Å². The Kier molecular flexibility index (Phi) is 6.10. The molecule has 0 aliphatic heterocycles. The fourth-order valence-electron chi connectivity index (χ4n) is 4.93. The van der Waals surface area contributed by atoms with Gasteiger partial charge in [0.05, 0.1) is 35.0 Å². The highest BCUT2D eigenvalue weighted by molar-refractivity contribution is 6.05. The van der Waals surface area contributed by atoms with Gasteiger partial charge in [-0.2, -0.15) is 10.5 Å². The number of anilines is 1. The van der Waals surface area contributed by atoms with E-state index in [0.717, 1.165) is 63.0 Å². The molecule has 3 heterocycles. The van der Waals surface area contributed by atoms with Crippen LogP contribution in [0.5, 0.6) is 0 Å². The molecule has 5 aromatic rings. The van der Waals surface area contributed by atoms with Gasteiger partial charge in [-0.3, -0.25) is 10.3 Å². The fourth-order valence-corrected chi connectivity index (χ4v) is 4.93. The topological polar surface area (TPSA) is 116 Å². The van der Waals surface area contributed by atoms with Gasteiger partial charge in [-0.1, -0.05) is 35.5 Å². The zero-order valence-corrected chi connectivity index (χ0v) is 20.4. The van der Waals surface area contributed by atoms with Crippen molar-refractivity contribution in [2.75, 3.05) is 5.32 Å². The lowest BCUT2D eigenvalue weighted by Crippen LogP contribution is -2.10. The predicted molar refractivity (Wildman–Crippen MR) is 138 cm³/mol. The van der Waals surface area contributed by atoms with E-state index < -0.39 is 0 Å². The summed E-state index contributed by atoms with van der Waals surface area (Å²) in [6.45, 7) is 5.94. The molecule has 0 fully saturated rings. The van der Waals surface area contributed by atoms with Crippen LogP contribution in [0.4, 0.5) is 5.95 Å². The Hall–Kier alpha value is -4.69. The normalized spacial score (nSPS) is 11.9. The maximum Gasteiger partial charge on any atom is 0.217 e. The Morgan fingerprint density at radius 2 is 1.92 bits per heavy atom. The number of fused-ring (bicyclic) bond motifs is 3. The molecule has 3 aromatic heterocycles. The summed E-state index contributed by atoms with van der Waals surface area (Å²) < 4.78 is 7.53. The van der Waals surface area contributed by atoms with Crippen LogP contribution in [0.3, 0.4) is 0 Å². The van der Waals surface area contributed by atoms with Gasteiger partial charge < -0.3 is 9.09 Å². The summed E-state index contributed by atoms with van der Waals surface area (Å²) in [6, 6.07) is 16.5. The lowest BCUT2D eigenvalue weighted by atomic mass is 9.93. The molecule has 0 aliphatic carbocycles. The lowest BCUT2D eigenvalue weighted by Gasteiger charge is -2.19. The molecule has 0 unspecified atom stereocenters. The Morgan fingerprint density at radius 3 is 2.61 bits per heavy atom. The minimum atomic E-state index is -0.0815. The standard InChI is InChI=1S/C28H25N7O/c1-17-26(19(3)36-34-17)22-14-24-23(13-21(22)11-7-8-12-29)27-25(15-31-24)33-28(32-16-30)35(27)18(2)20-9-5-4-6-10-20/h4-6,9-10,13-15,18H,7-8,11H2,1-3H3,(H,32,33)/t18-/m1/s1. The molecule has 0 amide bonds. The van der Waals surface area contributed by atoms with Crippen LogP contribution in [0.1, 0.15) is 48.4 Å². The fraction of sp³-hybridized carbons (Fsp3) is 0.250. The van der Waals surface area contributed by atoms with Crippen molar-refractivity contribution in [3.05, 3.63) is 71.2 Å². The highest BCUT2D eigenvalue weighted by Gasteiger charge is 2.22. The molecule has 0 radical (unpaired) electrons. The summed E-state index contributed by atoms with van der Waals surface area (Å²) in [5.74, 6) is 1.22. The third-order valence-corrected chi connectivity index (χ3v) is 6.62. The van der Waals surface area contributed by atoms with Gasteiger partial charge in [0, 0.05) is 17.4 Å². The molecule has 1 N–H and O–H groups in total. The first-order valence-corrected chi connectivity index (χ1v) is 11.9. The van der Waals surface area contributed by atoms with Gasteiger partial charge in [-0.25, -0.2) is 4.98 Å². The average molecular weight is 476 g/mol. The molecule has 1 atom stereocenters. The molecule has 2 aromatic carbocycles. The van der Waals surface area contributed by atoms with Crippen molar-refractivity contribution in [1.29, 1.82) is 10.5 Å². The van der Waals surface area contributed by atoms with E-state index in [4.69, 9.17) is 19.8 Å². The molecule has 0 bridgehead atoms. The number of unbranched alkanes of at least 4 members (excludes halogenated alkanes) is 1. The van der Waals surface area contributed by atoms with Gasteiger partial charge in [0.15, 0.2) is 6.19 Å². The highest BCUT2D eigenvalue weighted by atomic mass is 16.5. The van der Waals surface area contributed by atoms with E-state index in [0.29, 0.717) is 17.9 Å². The average Bonchev–Trinajstić information content (AvgIpc) is 3.43. The number of aryl methyl sites for hydroxylation is 3. The van der Waals surface area contributed by atoms with Crippen molar-refractivity contribution in [1.82, 2.24) is 19.7 Å². The van der Waals surface area contributed by atoms with Gasteiger partial charge in [0.25, 0.3) is 0 Å². The molecule has 178 valence electrons. The van der Waals surface area contributed by atoms with Gasteiger partial charge in [-0.15, -0.1) is 0 Å². The third-order valence-electron chi connectivity index (χ3n) is 6.62. The summed E-state index contributed by atoms with van der Waals surface area (Å²) in [6.07, 6.45) is 5.71. The summed E-state index contributed by atoms with van der Waals surface area (Å²) >= 11 is 0. The molecule has 36 heavy (non-hydrogen) atoms. The summed E-state index contributed by atoms with van der Waals surface area (Å²) in [7, 11) is 0. The lowest BCUT2D eigenvalue weighted by molar-refractivity contribution is 0.393. The summed E-state index contributed by atoms with van der Waals surface area (Å²) in [5, 5.41) is 26.4. The van der Waals surface area contributed by atoms with Crippen LogP contribution in [0.25, 0.3) is 33.1 Å². The second kappa shape index (κ2) is 9.52. The molecule has 5 rings (SSSR count). The second-order valence-corrected chi connectivity index (χ2v) is 8.86. The smallest absolute Gasteiger partial charge is 0.217 e. The quantitative estimate of drug-likeness (QED) is 0.169. The van der Waals surface area contributed by atoms with E-state index in [9.17, 15) is 5.26 Å². The van der Waals surface area contributed by atoms with Crippen LogP contribution in [0, 0.1) is 36.6 Å². The van der Waals surface area contributed by atoms with Crippen molar-refractivity contribution in [2.45, 2.75) is 46.1 Å². The van der Waals surface area contributed by atoms with Gasteiger partial charge in [-0.05, 0) is 62.4 Å². The second-order valence-electron chi connectivity index (χ2n) is 8.86. The third kappa shape index (κ3) is 3.93. The van der Waals surface area contributed by atoms with E-state index >= 15 is 0 Å². The molecular weight excluding hydrogens is 450 g/mol. The van der Waals surface area contributed by atoms with Crippen LogP contribution in [0.2, 0.25) is 0 Å². The summed E-state index contributed by atoms with van der Waals surface area (Å²) in [4.78, 5) is 9.44. The molecule has 0 saturated carbocycles. The van der Waals surface area contributed by atoms with Crippen molar-refractivity contribution in [3.63, 3.8) is 0 Å². The number of nitriles is 2. The first-order valence-electron chi connectivity index (χ1n) is 11.9. The molecule has 0 saturated heterocycles. The Morgan fingerprint density at radius 1 is 1.11 bits per heavy atom. The maximum absolute atomic E-state index is 9.42. The number of hydrogen-bond donors (Lipinski definition) is 1. The monoisotopic (exact) mass is 475 g/mol. The minimum Gasteiger partial charge on any atom is -0.361 e. The van der Waals surface area contributed by atoms with Crippen molar-refractivity contribution in [3.8, 4) is 23.4 Å². The molecule has 8 nitrogen and oxygen atoms in total. The molecule has 0 aliphatic rings. The highest BCUT2D eigenvalue weighted by Crippen LogP contribution is 2.38. The van der Waals surface area contributed by atoms with Gasteiger partial charge in [0.2, 0.25) is 5.95 Å². The van der Waals surface area contributed by atoms with Crippen molar-refractivity contribution >= 4 is 27.9 Å². The van der Waals surface area contributed by atoms with Crippen LogP contribution in [0.15, 0.2) is 53.2 Å². The number of imidazole rings is 1. The Labute approximate surface area is 208 Å². The van der Waals surface area contributed by atoms with E-state index in [1.165, 1.54) is 0 Å². The first kappa shape index (κ1) is 23.1. The van der Waals surface area contributed by atoms with Crippen molar-refractivity contribution < 1.29 is 4.52 Å². The van der Waals surface area contributed by atoms with E-state index in [1.807, 2.05) is 38.2 Å². The van der Waals surface area contributed by atoms with Crippen molar-refractivity contribution in [2.24, 2.45) is 0 Å². The number of rotatable bonds is 7. The largest absolute Gasteiger partial charge is 0.361 e. The van der Waals surface area contributed by atoms with E-state index in [2.05, 4.69) is 52.3 Å². The van der Waals surface area contributed by atoms with Crippen LogP contribution in [-0.4, -0.2) is 19.7 Å². The van der Waals surface area contributed by atoms with Gasteiger partial charge in [0.1, 0.15) is 11.3 Å². The maximum atomic E-state index is 9.42. The van der Waals surface area contributed by atoms with E-state index in [-0.39, 0.29) is 6.04 Å². The minimum absolute atomic E-state index is 0.0815. The zero-order chi connectivity index (χ0) is 25.2. The number of hydrogen-bond acceptors (Lipinski definition) is 7. The summed E-state index contributed by atoms with van der Waals surface area (Å²) in [5.41, 5.74) is 7.41. The SMILES string of the molecule is Cc1noc(C)c1-c1cc2ncc3nc(NC#N)n([C@H](C)c4ccccc4)c3c2cc1CCCC#N. The number of aromatic nitrogens is 4. The zero-order valence-electron chi connectivity index (χ0n) is 20.4. The molecular formula is C28H25N7O. The number of nitrogens with one attached hydrogen (secondary N) is 1. The first-order chi connectivity index (χ1) is 17.5.